The monoisotopic (exact) mass is 416 g/mol. The lowest BCUT2D eigenvalue weighted by molar-refractivity contribution is -0.137. The molecule has 2 heterocycles. The lowest BCUT2D eigenvalue weighted by atomic mass is 10.0. The Hall–Kier alpha value is -3.16. The molecule has 1 amide bonds. The highest BCUT2D eigenvalue weighted by molar-refractivity contribution is 6.01. The van der Waals surface area contributed by atoms with E-state index >= 15 is 0 Å². The number of fused-ring (bicyclic) bond motifs is 1. The van der Waals surface area contributed by atoms with E-state index in [0.717, 1.165) is 17.3 Å². The van der Waals surface area contributed by atoms with Gasteiger partial charge in [0.15, 0.2) is 17.6 Å². The van der Waals surface area contributed by atoms with Crippen molar-refractivity contribution in [3.63, 3.8) is 0 Å². The average Bonchev–Trinajstić information content (AvgIpc) is 3.37. The number of carbonyl (C=O) groups is 1. The normalized spacial score (nSPS) is 17.1. The highest BCUT2D eigenvalue weighted by Crippen LogP contribution is 2.33. The third-order valence-corrected chi connectivity index (χ3v) is 5.04. The van der Waals surface area contributed by atoms with Crippen LogP contribution in [0.1, 0.15) is 31.4 Å². The number of hydrogen-bond acceptors (Lipinski definition) is 5. The summed E-state index contributed by atoms with van der Waals surface area (Å²) in [6.07, 6.45) is 0.129. The van der Waals surface area contributed by atoms with E-state index in [4.69, 9.17) is 14.3 Å². The molecule has 0 aliphatic carbocycles. The van der Waals surface area contributed by atoms with Crippen LogP contribution in [0.25, 0.3) is 0 Å². The summed E-state index contributed by atoms with van der Waals surface area (Å²) in [7, 11) is 0. The minimum atomic E-state index is -0.679. The molecular formula is C22H22F2N2O4. The van der Waals surface area contributed by atoms with Gasteiger partial charge in [-0.15, -0.1) is 0 Å². The third-order valence-electron chi connectivity index (χ3n) is 5.04. The largest absolute Gasteiger partial charge is 0.454 e. The highest BCUT2D eigenvalue weighted by Gasteiger charge is 2.29. The summed E-state index contributed by atoms with van der Waals surface area (Å²) in [4.78, 5) is 19.8. The number of hydrogen-bond donors (Lipinski definition) is 0. The second-order valence-corrected chi connectivity index (χ2v) is 7.65. The molecule has 30 heavy (non-hydrogen) atoms. The zero-order valence-corrected chi connectivity index (χ0v) is 16.7. The molecule has 6 nitrogen and oxygen atoms in total. The summed E-state index contributed by atoms with van der Waals surface area (Å²) < 4.78 is 38.1. The summed E-state index contributed by atoms with van der Waals surface area (Å²) in [5.74, 6) is -0.407. The van der Waals surface area contributed by atoms with E-state index in [1.165, 1.54) is 17.0 Å². The predicted octanol–water partition coefficient (Wildman–Crippen LogP) is 3.87. The second-order valence-electron chi connectivity index (χ2n) is 7.65. The number of benzene rings is 2. The first kappa shape index (κ1) is 20.1. The van der Waals surface area contributed by atoms with Crippen molar-refractivity contribution in [2.75, 3.05) is 13.3 Å². The molecule has 0 saturated heterocycles. The van der Waals surface area contributed by atoms with Gasteiger partial charge in [-0.2, -0.15) is 0 Å². The molecule has 0 radical (unpaired) electrons. The van der Waals surface area contributed by atoms with Crippen LogP contribution in [-0.4, -0.2) is 36.0 Å². The Morgan fingerprint density at radius 3 is 2.73 bits per heavy atom. The van der Waals surface area contributed by atoms with E-state index in [1.807, 2.05) is 18.2 Å². The number of oxime groups is 1. The van der Waals surface area contributed by atoms with Crippen LogP contribution in [0.3, 0.4) is 0 Å². The number of ether oxygens (including phenoxy) is 2. The van der Waals surface area contributed by atoms with E-state index in [9.17, 15) is 13.6 Å². The van der Waals surface area contributed by atoms with Crippen molar-refractivity contribution in [1.29, 1.82) is 0 Å². The fraction of sp³-hybridized carbons (Fsp3) is 0.364. The van der Waals surface area contributed by atoms with Crippen LogP contribution in [0, 0.1) is 17.6 Å². The van der Waals surface area contributed by atoms with E-state index in [-0.39, 0.29) is 43.4 Å². The molecule has 2 aliphatic rings. The maximum absolute atomic E-state index is 14.1. The maximum Gasteiger partial charge on any atom is 0.231 e. The van der Waals surface area contributed by atoms with Crippen LogP contribution >= 0.6 is 0 Å². The Kier molecular flexibility index (Phi) is 5.57. The number of nitrogens with zero attached hydrogens (tertiary/aromatic N) is 2. The summed E-state index contributed by atoms with van der Waals surface area (Å²) >= 11 is 0. The Balaban J connectivity index is 1.45. The molecule has 0 saturated carbocycles. The van der Waals surface area contributed by atoms with Crippen molar-refractivity contribution in [3.05, 3.63) is 59.2 Å². The molecule has 0 bridgehead atoms. The molecule has 0 fully saturated rings. The van der Waals surface area contributed by atoms with Crippen molar-refractivity contribution < 1.29 is 27.9 Å². The molecule has 0 unspecified atom stereocenters. The number of halogens is 2. The number of rotatable bonds is 6. The standard InChI is InChI=1S/C22H22F2N2O4/c1-13(2)22(27)26(10-15-3-5-16(23)8-18(15)24)11-17-9-19(25-30-17)14-4-6-20-21(7-14)29-12-28-20/h3-8,13,17H,9-12H2,1-2H3/t17-/m1/s1. The van der Waals surface area contributed by atoms with Crippen LogP contribution in [0.4, 0.5) is 8.78 Å². The smallest absolute Gasteiger partial charge is 0.231 e. The molecular weight excluding hydrogens is 394 g/mol. The van der Waals surface area contributed by atoms with Gasteiger partial charge in [-0.25, -0.2) is 8.78 Å². The van der Waals surface area contributed by atoms with Gasteiger partial charge in [0.1, 0.15) is 11.6 Å². The zero-order chi connectivity index (χ0) is 21.3. The van der Waals surface area contributed by atoms with Crippen LogP contribution in [-0.2, 0) is 16.2 Å². The Bertz CT molecular complexity index is 993. The van der Waals surface area contributed by atoms with Crippen molar-refractivity contribution in [2.24, 2.45) is 11.1 Å². The fourth-order valence-electron chi connectivity index (χ4n) is 3.47. The molecule has 1 atom stereocenters. The minimum Gasteiger partial charge on any atom is -0.454 e. The van der Waals surface area contributed by atoms with Crippen LogP contribution < -0.4 is 9.47 Å². The van der Waals surface area contributed by atoms with Gasteiger partial charge in [0, 0.05) is 36.1 Å². The van der Waals surface area contributed by atoms with E-state index in [0.29, 0.717) is 17.9 Å². The van der Waals surface area contributed by atoms with Gasteiger partial charge in [0.05, 0.1) is 12.3 Å². The van der Waals surface area contributed by atoms with Crippen molar-refractivity contribution in [1.82, 2.24) is 4.90 Å². The van der Waals surface area contributed by atoms with Crippen LogP contribution in [0.5, 0.6) is 11.5 Å². The number of carbonyl (C=O) groups excluding carboxylic acids is 1. The summed E-state index contributed by atoms with van der Waals surface area (Å²) in [6.45, 7) is 4.02. The Labute approximate surface area is 173 Å². The highest BCUT2D eigenvalue weighted by atomic mass is 19.1. The average molecular weight is 416 g/mol. The van der Waals surface area contributed by atoms with Gasteiger partial charge >= 0.3 is 0 Å². The Morgan fingerprint density at radius 2 is 1.97 bits per heavy atom. The second kappa shape index (κ2) is 8.30. The first-order valence-corrected chi connectivity index (χ1v) is 9.76. The minimum absolute atomic E-state index is 0.0301. The van der Waals surface area contributed by atoms with E-state index in [1.54, 1.807) is 13.8 Å². The van der Waals surface area contributed by atoms with Crippen molar-refractivity contribution in [3.8, 4) is 11.5 Å². The number of amides is 1. The summed E-state index contributed by atoms with van der Waals surface area (Å²) in [5.41, 5.74) is 1.84. The van der Waals surface area contributed by atoms with E-state index in [2.05, 4.69) is 5.16 Å². The molecule has 2 aliphatic heterocycles. The van der Waals surface area contributed by atoms with Crippen molar-refractivity contribution >= 4 is 11.6 Å². The SMILES string of the molecule is CC(C)C(=O)N(Cc1ccc(F)cc1F)C[C@H]1CC(c2ccc3c(c2)OCO3)=NO1. The molecule has 0 spiro atoms. The molecule has 0 aromatic heterocycles. The lowest BCUT2D eigenvalue weighted by Gasteiger charge is -2.26. The molecule has 8 heteroatoms. The van der Waals surface area contributed by atoms with Gasteiger partial charge in [-0.05, 0) is 24.3 Å². The quantitative estimate of drug-likeness (QED) is 0.717. The fourth-order valence-corrected chi connectivity index (χ4v) is 3.47. The predicted molar refractivity (Wildman–Crippen MR) is 105 cm³/mol. The van der Waals surface area contributed by atoms with Crippen molar-refractivity contribution in [2.45, 2.75) is 32.9 Å². The van der Waals surface area contributed by atoms with Gasteiger partial charge in [0.2, 0.25) is 12.7 Å². The lowest BCUT2D eigenvalue weighted by Crippen LogP contribution is -2.39. The molecule has 2 aromatic carbocycles. The zero-order valence-electron chi connectivity index (χ0n) is 16.7. The van der Waals surface area contributed by atoms with Crippen LogP contribution in [0.2, 0.25) is 0 Å². The summed E-state index contributed by atoms with van der Waals surface area (Å²) in [5, 5.41) is 4.16. The Morgan fingerprint density at radius 1 is 1.17 bits per heavy atom. The van der Waals surface area contributed by atoms with Gasteiger partial charge in [-0.3, -0.25) is 4.79 Å². The van der Waals surface area contributed by atoms with E-state index < -0.39 is 11.6 Å². The molecule has 4 rings (SSSR count). The van der Waals surface area contributed by atoms with Gasteiger partial charge < -0.3 is 19.2 Å². The topological polar surface area (TPSA) is 60.4 Å². The van der Waals surface area contributed by atoms with Gasteiger partial charge in [-0.1, -0.05) is 25.1 Å². The summed E-state index contributed by atoms with van der Waals surface area (Å²) in [6, 6.07) is 8.90. The third kappa shape index (κ3) is 4.22. The molecule has 2 aromatic rings. The molecule has 158 valence electrons. The first-order chi connectivity index (χ1) is 14.4. The van der Waals surface area contributed by atoms with Gasteiger partial charge in [0.25, 0.3) is 0 Å². The van der Waals surface area contributed by atoms with Crippen LogP contribution in [0.15, 0.2) is 41.6 Å². The maximum atomic E-state index is 14.1. The first-order valence-electron chi connectivity index (χ1n) is 9.76. The molecule has 0 N–H and O–H groups in total.